The minimum atomic E-state index is 0.512. The lowest BCUT2D eigenvalue weighted by atomic mass is 10.0. The number of morpholine rings is 1. The van der Waals surface area contributed by atoms with E-state index in [1.165, 1.54) is 16.7 Å². The molecule has 104 valence electrons. The quantitative estimate of drug-likeness (QED) is 0.843. The smallest absolute Gasteiger partial charge is 0.0619 e. The van der Waals surface area contributed by atoms with Crippen LogP contribution >= 0.6 is 0 Å². The van der Waals surface area contributed by atoms with Crippen LogP contribution in [-0.2, 0) is 11.3 Å². The first-order valence-electron chi connectivity index (χ1n) is 7.29. The van der Waals surface area contributed by atoms with Gasteiger partial charge in [0.2, 0.25) is 0 Å². The zero-order chi connectivity index (χ0) is 13.8. The van der Waals surface area contributed by atoms with E-state index < -0.39 is 0 Å². The highest BCUT2D eigenvalue weighted by Gasteiger charge is 2.18. The van der Waals surface area contributed by atoms with Crippen LogP contribution in [0.2, 0.25) is 0 Å². The summed E-state index contributed by atoms with van der Waals surface area (Å²) in [6.07, 6.45) is 0. The highest BCUT2D eigenvalue weighted by atomic mass is 16.5. The summed E-state index contributed by atoms with van der Waals surface area (Å²) >= 11 is 0. The molecule has 0 spiro atoms. The van der Waals surface area contributed by atoms with E-state index >= 15 is 0 Å². The maximum Gasteiger partial charge on any atom is 0.0619 e. The third-order valence-electron chi connectivity index (χ3n) is 3.95. The van der Waals surface area contributed by atoms with E-state index in [1.807, 2.05) is 0 Å². The number of rotatable bonds is 3. The van der Waals surface area contributed by atoms with Crippen molar-refractivity contribution in [1.29, 1.82) is 0 Å². The second-order valence-electron chi connectivity index (χ2n) is 5.46. The molecule has 2 nitrogen and oxygen atoms in total. The summed E-state index contributed by atoms with van der Waals surface area (Å²) in [6.45, 7) is 5.98. The van der Waals surface area contributed by atoms with Gasteiger partial charge < -0.3 is 4.74 Å². The van der Waals surface area contributed by atoms with Crippen molar-refractivity contribution in [2.45, 2.75) is 19.5 Å². The minimum Gasteiger partial charge on any atom is -0.379 e. The van der Waals surface area contributed by atoms with Crippen LogP contribution in [0.25, 0.3) is 11.1 Å². The molecule has 1 aliphatic rings. The molecule has 1 saturated heterocycles. The average molecular weight is 267 g/mol. The van der Waals surface area contributed by atoms with E-state index in [9.17, 15) is 0 Å². The molecule has 0 aromatic heterocycles. The van der Waals surface area contributed by atoms with Crippen LogP contribution in [0, 0.1) is 0 Å². The molecule has 2 aromatic carbocycles. The summed E-state index contributed by atoms with van der Waals surface area (Å²) in [5, 5.41) is 0. The number of benzene rings is 2. The van der Waals surface area contributed by atoms with Crippen molar-refractivity contribution < 1.29 is 4.74 Å². The molecule has 0 unspecified atom stereocenters. The standard InChI is InChI=1S/C18H21NO/c1-15-14-20-12-11-19(15)13-16-7-9-18(10-8-16)17-5-3-2-4-6-17/h2-10,15H,11-14H2,1H3/t15-/m0/s1. The van der Waals surface area contributed by atoms with Crippen molar-refractivity contribution in [3.05, 3.63) is 60.2 Å². The molecule has 0 radical (unpaired) electrons. The third kappa shape index (κ3) is 3.09. The van der Waals surface area contributed by atoms with Crippen molar-refractivity contribution in [3.63, 3.8) is 0 Å². The molecule has 0 bridgehead atoms. The Morgan fingerprint density at radius 3 is 2.40 bits per heavy atom. The zero-order valence-electron chi connectivity index (χ0n) is 12.0. The highest BCUT2D eigenvalue weighted by molar-refractivity contribution is 5.63. The lowest BCUT2D eigenvalue weighted by molar-refractivity contribution is -0.00436. The summed E-state index contributed by atoms with van der Waals surface area (Å²) in [4.78, 5) is 2.49. The monoisotopic (exact) mass is 267 g/mol. The van der Waals surface area contributed by atoms with Crippen molar-refractivity contribution in [2.75, 3.05) is 19.8 Å². The van der Waals surface area contributed by atoms with E-state index in [0.29, 0.717) is 6.04 Å². The number of hydrogen-bond acceptors (Lipinski definition) is 2. The van der Waals surface area contributed by atoms with Gasteiger partial charge in [0, 0.05) is 19.1 Å². The Bertz CT molecular complexity index is 535. The van der Waals surface area contributed by atoms with Crippen molar-refractivity contribution in [1.82, 2.24) is 4.90 Å². The third-order valence-corrected chi connectivity index (χ3v) is 3.95. The summed E-state index contributed by atoms with van der Waals surface area (Å²) in [5.41, 5.74) is 3.93. The van der Waals surface area contributed by atoms with Gasteiger partial charge in [0.15, 0.2) is 0 Å². The van der Waals surface area contributed by atoms with E-state index in [4.69, 9.17) is 4.74 Å². The van der Waals surface area contributed by atoms with Gasteiger partial charge in [-0.25, -0.2) is 0 Å². The lowest BCUT2D eigenvalue weighted by Crippen LogP contribution is -2.42. The lowest BCUT2D eigenvalue weighted by Gasteiger charge is -2.33. The first kappa shape index (κ1) is 13.3. The second kappa shape index (κ2) is 6.21. The van der Waals surface area contributed by atoms with Crippen LogP contribution in [-0.4, -0.2) is 30.7 Å². The Kier molecular flexibility index (Phi) is 4.14. The van der Waals surface area contributed by atoms with Crippen LogP contribution < -0.4 is 0 Å². The van der Waals surface area contributed by atoms with Crippen molar-refractivity contribution in [3.8, 4) is 11.1 Å². The number of hydrogen-bond donors (Lipinski definition) is 0. The van der Waals surface area contributed by atoms with Gasteiger partial charge in [0.05, 0.1) is 13.2 Å². The molecule has 0 saturated carbocycles. The summed E-state index contributed by atoms with van der Waals surface area (Å²) < 4.78 is 5.48. The van der Waals surface area contributed by atoms with Crippen LogP contribution in [0.4, 0.5) is 0 Å². The van der Waals surface area contributed by atoms with Gasteiger partial charge in [-0.3, -0.25) is 4.90 Å². The molecule has 1 atom stereocenters. The molecular weight excluding hydrogens is 246 g/mol. The molecule has 20 heavy (non-hydrogen) atoms. The van der Waals surface area contributed by atoms with E-state index in [-0.39, 0.29) is 0 Å². The predicted molar refractivity (Wildman–Crippen MR) is 82.6 cm³/mol. The maximum absolute atomic E-state index is 5.48. The Labute approximate surface area is 121 Å². The van der Waals surface area contributed by atoms with Gasteiger partial charge in [-0.15, -0.1) is 0 Å². The molecular formula is C18H21NO. The highest BCUT2D eigenvalue weighted by Crippen LogP contribution is 2.20. The first-order chi connectivity index (χ1) is 9.83. The Morgan fingerprint density at radius 1 is 1.00 bits per heavy atom. The first-order valence-corrected chi connectivity index (χ1v) is 7.29. The topological polar surface area (TPSA) is 12.5 Å². The van der Waals surface area contributed by atoms with Crippen LogP contribution in [0.1, 0.15) is 12.5 Å². The van der Waals surface area contributed by atoms with Gasteiger partial charge >= 0.3 is 0 Å². The normalized spacial score (nSPS) is 19.9. The van der Waals surface area contributed by atoms with Gasteiger partial charge in [-0.1, -0.05) is 54.6 Å². The fourth-order valence-corrected chi connectivity index (χ4v) is 2.66. The van der Waals surface area contributed by atoms with Crippen molar-refractivity contribution in [2.24, 2.45) is 0 Å². The fourth-order valence-electron chi connectivity index (χ4n) is 2.66. The molecule has 1 fully saturated rings. The number of nitrogens with zero attached hydrogens (tertiary/aromatic N) is 1. The molecule has 0 amide bonds. The van der Waals surface area contributed by atoms with Crippen molar-refractivity contribution >= 4 is 0 Å². The Balaban J connectivity index is 1.70. The minimum absolute atomic E-state index is 0.512. The SMILES string of the molecule is C[C@H]1COCCN1Cc1ccc(-c2ccccc2)cc1. The summed E-state index contributed by atoms with van der Waals surface area (Å²) in [6, 6.07) is 19.9. The average Bonchev–Trinajstić information content (AvgIpc) is 2.51. The summed E-state index contributed by atoms with van der Waals surface area (Å²) in [5.74, 6) is 0. The van der Waals surface area contributed by atoms with E-state index in [1.54, 1.807) is 0 Å². The van der Waals surface area contributed by atoms with E-state index in [0.717, 1.165) is 26.3 Å². The Hall–Kier alpha value is -1.64. The van der Waals surface area contributed by atoms with Gasteiger partial charge in [-0.2, -0.15) is 0 Å². The molecule has 2 heteroatoms. The fraction of sp³-hybridized carbons (Fsp3) is 0.333. The molecule has 1 heterocycles. The van der Waals surface area contributed by atoms with Gasteiger partial charge in [-0.05, 0) is 23.6 Å². The molecule has 0 N–H and O–H groups in total. The van der Waals surface area contributed by atoms with E-state index in [2.05, 4.69) is 66.4 Å². The van der Waals surface area contributed by atoms with Gasteiger partial charge in [0.25, 0.3) is 0 Å². The molecule has 0 aliphatic carbocycles. The summed E-state index contributed by atoms with van der Waals surface area (Å²) in [7, 11) is 0. The second-order valence-corrected chi connectivity index (χ2v) is 5.46. The van der Waals surface area contributed by atoms with Crippen LogP contribution in [0.15, 0.2) is 54.6 Å². The molecule has 3 rings (SSSR count). The number of ether oxygens (including phenoxy) is 1. The van der Waals surface area contributed by atoms with Crippen LogP contribution in [0.3, 0.4) is 0 Å². The van der Waals surface area contributed by atoms with Gasteiger partial charge in [0.1, 0.15) is 0 Å². The maximum atomic E-state index is 5.48. The largest absolute Gasteiger partial charge is 0.379 e. The predicted octanol–water partition coefficient (Wildman–Crippen LogP) is 3.57. The molecule has 1 aliphatic heterocycles. The van der Waals surface area contributed by atoms with Crippen LogP contribution in [0.5, 0.6) is 0 Å². The zero-order valence-corrected chi connectivity index (χ0v) is 12.0. The Morgan fingerprint density at radius 2 is 1.70 bits per heavy atom. The molecule has 2 aromatic rings.